The van der Waals surface area contributed by atoms with E-state index in [4.69, 9.17) is 15.4 Å². The van der Waals surface area contributed by atoms with Crippen LogP contribution in [0, 0.1) is 35.1 Å². The molecule has 0 aliphatic carbocycles. The summed E-state index contributed by atoms with van der Waals surface area (Å²) in [7, 11) is 1.26. The first-order valence-corrected chi connectivity index (χ1v) is 8.39. The monoisotopic (exact) mass is 348 g/mol. The van der Waals surface area contributed by atoms with Crippen LogP contribution in [-0.4, -0.2) is 20.8 Å². The second kappa shape index (κ2) is 6.83. The molecule has 0 aliphatic heterocycles. The van der Waals surface area contributed by atoms with Crippen molar-refractivity contribution in [3.63, 3.8) is 0 Å². The van der Waals surface area contributed by atoms with Crippen LogP contribution < -0.4 is 4.74 Å². The van der Waals surface area contributed by atoms with Crippen LogP contribution in [0.4, 0.5) is 17.6 Å². The van der Waals surface area contributed by atoms with Crippen molar-refractivity contribution in [3.8, 4) is 5.75 Å². The normalized spacial score (nSPS) is 13.5. The third-order valence-corrected chi connectivity index (χ3v) is 4.07. The Hall–Kier alpha value is -1.02. The highest BCUT2D eigenvalue weighted by Crippen LogP contribution is 2.27. The summed E-state index contributed by atoms with van der Waals surface area (Å²) in [5.74, 6) is -9.21. The summed E-state index contributed by atoms with van der Waals surface area (Å²) in [5, 5.41) is 0. The number of ether oxygens (including phenoxy) is 1. The average molecular weight is 349 g/mol. The van der Waals surface area contributed by atoms with Gasteiger partial charge in [0.2, 0.25) is 20.7 Å². The fraction of sp³-hybridized carbons (Fsp3) is 0.500. The number of hydrogen-bond acceptors (Lipinski definition) is 3. The van der Waals surface area contributed by atoms with Crippen LogP contribution in [-0.2, 0) is 9.05 Å². The van der Waals surface area contributed by atoms with Gasteiger partial charge in [-0.1, -0.05) is 13.8 Å². The SMILES string of the molecule is CC(C)C(COc1c(F)c(F)cc(F)c1F)CS(=O)(=O)Cl. The molecule has 0 saturated carbocycles. The van der Waals surface area contributed by atoms with Gasteiger partial charge in [0.15, 0.2) is 17.4 Å². The summed E-state index contributed by atoms with van der Waals surface area (Å²) >= 11 is 0. The van der Waals surface area contributed by atoms with Gasteiger partial charge in [0.05, 0.1) is 12.4 Å². The Bertz CT molecular complexity index is 593. The second-order valence-corrected chi connectivity index (χ2v) is 7.64. The minimum atomic E-state index is -3.85. The zero-order chi connectivity index (χ0) is 16.4. The van der Waals surface area contributed by atoms with Crippen molar-refractivity contribution in [2.75, 3.05) is 12.4 Å². The first-order chi connectivity index (χ1) is 9.53. The van der Waals surface area contributed by atoms with Gasteiger partial charge in [0, 0.05) is 22.7 Å². The zero-order valence-electron chi connectivity index (χ0n) is 11.2. The Morgan fingerprint density at radius 1 is 1.14 bits per heavy atom. The van der Waals surface area contributed by atoms with Crippen molar-refractivity contribution in [1.29, 1.82) is 0 Å². The van der Waals surface area contributed by atoms with E-state index in [1.54, 1.807) is 13.8 Å². The molecule has 0 N–H and O–H groups in total. The Labute approximate surface area is 124 Å². The molecule has 0 aliphatic rings. The number of rotatable bonds is 6. The molecule has 9 heteroatoms. The van der Waals surface area contributed by atoms with E-state index in [0.29, 0.717) is 0 Å². The van der Waals surface area contributed by atoms with Gasteiger partial charge >= 0.3 is 0 Å². The molecule has 21 heavy (non-hydrogen) atoms. The Morgan fingerprint density at radius 2 is 1.62 bits per heavy atom. The molecule has 120 valence electrons. The molecule has 0 bridgehead atoms. The van der Waals surface area contributed by atoms with Crippen LogP contribution in [0.3, 0.4) is 0 Å². The first-order valence-electron chi connectivity index (χ1n) is 5.91. The van der Waals surface area contributed by atoms with Gasteiger partial charge in [-0.3, -0.25) is 0 Å². The molecule has 1 aromatic carbocycles. The van der Waals surface area contributed by atoms with Crippen molar-refractivity contribution < 1.29 is 30.7 Å². The van der Waals surface area contributed by atoms with Crippen LogP contribution >= 0.6 is 10.7 Å². The van der Waals surface area contributed by atoms with E-state index in [9.17, 15) is 26.0 Å². The molecule has 0 spiro atoms. The standard InChI is InChI=1S/C12H13ClF4O3S/c1-6(2)7(5-21(13,18)19)4-20-12-10(16)8(14)3-9(15)11(12)17/h3,6-7H,4-5H2,1-2H3. The Balaban J connectivity index is 2.96. The highest BCUT2D eigenvalue weighted by Gasteiger charge is 2.25. The lowest BCUT2D eigenvalue weighted by Crippen LogP contribution is -2.25. The predicted molar refractivity (Wildman–Crippen MR) is 69.7 cm³/mol. The first kappa shape index (κ1) is 18.0. The maximum atomic E-state index is 13.4. The average Bonchev–Trinajstić information content (AvgIpc) is 2.33. The predicted octanol–water partition coefficient (Wildman–Crippen LogP) is 3.46. The molecular formula is C12H13ClF4O3S. The van der Waals surface area contributed by atoms with Gasteiger partial charge in [-0.05, 0) is 5.92 Å². The summed E-state index contributed by atoms with van der Waals surface area (Å²) in [6, 6.07) is 0.0562. The van der Waals surface area contributed by atoms with E-state index < -0.39 is 56.3 Å². The number of halogens is 5. The smallest absolute Gasteiger partial charge is 0.233 e. The van der Waals surface area contributed by atoms with Crippen molar-refractivity contribution in [2.24, 2.45) is 11.8 Å². The molecule has 0 aromatic heterocycles. The lowest BCUT2D eigenvalue weighted by Gasteiger charge is -2.20. The zero-order valence-corrected chi connectivity index (χ0v) is 12.7. The van der Waals surface area contributed by atoms with E-state index in [0.717, 1.165) is 0 Å². The van der Waals surface area contributed by atoms with E-state index >= 15 is 0 Å². The minimum Gasteiger partial charge on any atom is -0.487 e. The summed E-state index contributed by atoms with van der Waals surface area (Å²) in [5.41, 5.74) is 0. The second-order valence-electron chi connectivity index (χ2n) is 4.82. The number of hydrogen-bond donors (Lipinski definition) is 0. The van der Waals surface area contributed by atoms with Crippen LogP contribution in [0.25, 0.3) is 0 Å². The molecule has 0 radical (unpaired) electrons. The molecule has 0 fully saturated rings. The lowest BCUT2D eigenvalue weighted by atomic mass is 9.99. The maximum absolute atomic E-state index is 13.4. The number of benzene rings is 1. The van der Waals surface area contributed by atoms with Crippen molar-refractivity contribution >= 4 is 19.7 Å². The quantitative estimate of drug-likeness (QED) is 0.449. The van der Waals surface area contributed by atoms with Gasteiger partial charge in [-0.25, -0.2) is 17.2 Å². The molecule has 0 amide bonds. The van der Waals surface area contributed by atoms with Crippen LogP contribution in [0.1, 0.15) is 13.8 Å². The molecule has 0 saturated heterocycles. The van der Waals surface area contributed by atoms with Gasteiger partial charge in [0.1, 0.15) is 0 Å². The molecular weight excluding hydrogens is 336 g/mol. The Kier molecular flexibility index (Phi) is 5.86. The van der Waals surface area contributed by atoms with Crippen molar-refractivity contribution in [2.45, 2.75) is 13.8 Å². The minimum absolute atomic E-state index is 0.0562. The van der Waals surface area contributed by atoms with Gasteiger partial charge in [-0.2, -0.15) is 8.78 Å². The van der Waals surface area contributed by atoms with Gasteiger partial charge in [-0.15, -0.1) is 0 Å². The van der Waals surface area contributed by atoms with Gasteiger partial charge in [0.25, 0.3) is 0 Å². The largest absolute Gasteiger partial charge is 0.487 e. The highest BCUT2D eigenvalue weighted by molar-refractivity contribution is 8.13. The van der Waals surface area contributed by atoms with Crippen LogP contribution in [0.5, 0.6) is 5.75 Å². The summed E-state index contributed by atoms with van der Waals surface area (Å²) in [4.78, 5) is 0. The van der Waals surface area contributed by atoms with Crippen LogP contribution in [0.15, 0.2) is 6.07 Å². The molecule has 3 nitrogen and oxygen atoms in total. The van der Waals surface area contributed by atoms with E-state index in [-0.39, 0.29) is 12.0 Å². The summed E-state index contributed by atoms with van der Waals surface area (Å²) in [6.45, 7) is 2.84. The molecule has 0 heterocycles. The molecule has 1 atom stereocenters. The van der Waals surface area contributed by atoms with Crippen molar-refractivity contribution in [1.82, 2.24) is 0 Å². The van der Waals surface area contributed by atoms with E-state index in [1.165, 1.54) is 0 Å². The van der Waals surface area contributed by atoms with E-state index in [2.05, 4.69) is 0 Å². The fourth-order valence-corrected chi connectivity index (χ4v) is 3.04. The van der Waals surface area contributed by atoms with Gasteiger partial charge < -0.3 is 4.74 Å². The lowest BCUT2D eigenvalue weighted by molar-refractivity contribution is 0.203. The van der Waals surface area contributed by atoms with Crippen LogP contribution in [0.2, 0.25) is 0 Å². The molecule has 1 aromatic rings. The maximum Gasteiger partial charge on any atom is 0.233 e. The summed E-state index contributed by atoms with van der Waals surface area (Å²) < 4.78 is 79.6. The molecule has 1 rings (SSSR count). The highest BCUT2D eigenvalue weighted by atomic mass is 35.7. The molecule has 1 unspecified atom stereocenters. The third-order valence-electron chi connectivity index (χ3n) is 2.87. The van der Waals surface area contributed by atoms with E-state index in [1.807, 2.05) is 0 Å². The third kappa shape index (κ3) is 5.03. The fourth-order valence-electron chi connectivity index (χ4n) is 1.56. The summed E-state index contributed by atoms with van der Waals surface area (Å²) in [6.07, 6.45) is 0. The van der Waals surface area contributed by atoms with Crippen molar-refractivity contribution in [3.05, 3.63) is 29.3 Å². The Morgan fingerprint density at radius 3 is 2.00 bits per heavy atom. The topological polar surface area (TPSA) is 43.4 Å².